The van der Waals surface area contributed by atoms with Crippen LogP contribution in [-0.2, 0) is 26.0 Å². The highest BCUT2D eigenvalue weighted by Crippen LogP contribution is 2.43. The number of urea groups is 1. The first-order chi connectivity index (χ1) is 12.7. The molecule has 12 heteroatoms. The van der Waals surface area contributed by atoms with E-state index in [9.17, 15) is 23.1 Å². The number of carboxylic acids is 1. The Morgan fingerprint density at radius 1 is 1.30 bits per heavy atom. The van der Waals surface area contributed by atoms with Crippen molar-refractivity contribution in [3.05, 3.63) is 53.3 Å². The molecule has 1 fully saturated rings. The molecule has 2 atom stereocenters. The maximum atomic E-state index is 12.4. The number of nitrogens with zero attached hydrogens (tertiary/aromatic N) is 4. The summed E-state index contributed by atoms with van der Waals surface area (Å²) in [5, 5.41) is 14.3. The molecule has 142 valence electrons. The molecule has 2 aromatic rings. The van der Waals surface area contributed by atoms with Gasteiger partial charge >= 0.3 is 22.4 Å². The van der Waals surface area contributed by atoms with Gasteiger partial charge in [0.1, 0.15) is 11.7 Å². The van der Waals surface area contributed by atoms with Crippen LogP contribution in [0.5, 0.6) is 0 Å². The molecule has 1 saturated heterocycles. The summed E-state index contributed by atoms with van der Waals surface area (Å²) in [4.78, 5) is 25.1. The predicted molar refractivity (Wildman–Crippen MR) is 87.5 cm³/mol. The van der Waals surface area contributed by atoms with Gasteiger partial charge in [0.05, 0.1) is 13.1 Å². The second-order valence-corrected chi connectivity index (χ2v) is 7.18. The lowest BCUT2D eigenvalue weighted by atomic mass is 9.98. The van der Waals surface area contributed by atoms with Gasteiger partial charge in [0.25, 0.3) is 0 Å². The van der Waals surface area contributed by atoms with Crippen molar-refractivity contribution >= 4 is 22.4 Å². The first-order valence-electron chi connectivity index (χ1n) is 7.85. The molecule has 2 bridgehead atoms. The van der Waals surface area contributed by atoms with Crippen LogP contribution in [0.3, 0.4) is 0 Å². The number of hydrogen-bond acceptors (Lipinski definition) is 6. The molecule has 3 heterocycles. The highest BCUT2D eigenvalue weighted by atomic mass is 32.3. The van der Waals surface area contributed by atoms with E-state index in [1.54, 1.807) is 6.20 Å². The minimum Gasteiger partial charge on any atom is -0.479 e. The molecule has 4 rings (SSSR count). The maximum absolute atomic E-state index is 12.4. The number of fused-ring (bicyclic) bond motifs is 4. The summed E-state index contributed by atoms with van der Waals surface area (Å²) in [6.45, 7) is 0.259. The molecule has 27 heavy (non-hydrogen) atoms. The van der Waals surface area contributed by atoms with Crippen molar-refractivity contribution in [3.63, 3.8) is 0 Å². The summed E-state index contributed by atoms with van der Waals surface area (Å²) >= 11 is 0. The fraction of sp³-hybridized carbons (Fsp3) is 0.267. The zero-order valence-electron chi connectivity index (χ0n) is 13.7. The third kappa shape index (κ3) is 3.03. The van der Waals surface area contributed by atoms with Gasteiger partial charge in [-0.05, 0) is 5.56 Å². The average Bonchev–Trinajstić information content (AvgIpc) is 3.10. The molecule has 0 saturated carbocycles. The van der Waals surface area contributed by atoms with Crippen LogP contribution in [0.15, 0.2) is 36.5 Å². The number of hydrogen-bond donors (Lipinski definition) is 2. The van der Waals surface area contributed by atoms with Crippen LogP contribution in [0.25, 0.3) is 0 Å². The van der Waals surface area contributed by atoms with Crippen molar-refractivity contribution in [3.8, 4) is 0 Å². The van der Waals surface area contributed by atoms with E-state index in [0.717, 1.165) is 10.5 Å². The molecule has 1 aromatic carbocycles. The number of benzene rings is 1. The lowest BCUT2D eigenvalue weighted by Crippen LogP contribution is -2.38. The number of aromatic nitrogens is 2. The van der Waals surface area contributed by atoms with E-state index < -0.39 is 34.5 Å². The monoisotopic (exact) mass is 394 g/mol. The molecule has 0 radical (unpaired) electrons. The van der Waals surface area contributed by atoms with Gasteiger partial charge in [-0.3, -0.25) is 9.23 Å². The Kier molecular flexibility index (Phi) is 3.91. The van der Waals surface area contributed by atoms with Crippen LogP contribution >= 0.6 is 0 Å². The first kappa shape index (κ1) is 17.5. The second kappa shape index (κ2) is 6.04. The minimum absolute atomic E-state index is 0.102. The third-order valence-corrected chi connectivity index (χ3v) is 4.78. The quantitative estimate of drug-likeness (QED) is 0.702. The standard InChI is InChI=1S/C15H14N4O7S/c20-14(21)13-12-10(7-17(16-12)6-9-4-2-1-3-5-9)11-8-18(13)15(22)19(11)26-27(23,24)25/h1-5,7,11,13H,6,8H2,(H,20,21)(H,23,24,25)/t11-,13?/m1/s1. The number of hydroxylamine groups is 2. The molecule has 2 amide bonds. The highest BCUT2D eigenvalue weighted by molar-refractivity contribution is 7.80. The average molecular weight is 394 g/mol. The van der Waals surface area contributed by atoms with Crippen molar-refractivity contribution in [2.24, 2.45) is 0 Å². The number of amides is 2. The van der Waals surface area contributed by atoms with Crippen molar-refractivity contribution in [1.29, 1.82) is 0 Å². The van der Waals surface area contributed by atoms with Crippen molar-refractivity contribution in [2.45, 2.75) is 18.6 Å². The van der Waals surface area contributed by atoms with Gasteiger partial charge in [0.15, 0.2) is 6.04 Å². The van der Waals surface area contributed by atoms with Crippen molar-refractivity contribution in [1.82, 2.24) is 19.7 Å². The van der Waals surface area contributed by atoms with Gasteiger partial charge in [-0.15, -0.1) is 4.28 Å². The Labute approximate surface area is 153 Å². The van der Waals surface area contributed by atoms with E-state index in [4.69, 9.17) is 4.55 Å². The summed E-state index contributed by atoms with van der Waals surface area (Å²) < 4.78 is 37.0. The normalized spacial score (nSPS) is 21.4. The zero-order chi connectivity index (χ0) is 19.3. The number of carboxylic acid groups (broad SMARTS) is 1. The van der Waals surface area contributed by atoms with Crippen LogP contribution in [0.1, 0.15) is 28.9 Å². The smallest absolute Gasteiger partial charge is 0.418 e. The maximum Gasteiger partial charge on any atom is 0.418 e. The fourth-order valence-corrected chi connectivity index (χ4v) is 3.77. The molecule has 1 unspecified atom stereocenters. The Morgan fingerprint density at radius 3 is 2.63 bits per heavy atom. The lowest BCUT2D eigenvalue weighted by molar-refractivity contribution is -0.142. The molecule has 2 N–H and O–H groups in total. The molecule has 11 nitrogen and oxygen atoms in total. The van der Waals surface area contributed by atoms with Gasteiger partial charge in [-0.2, -0.15) is 18.6 Å². The van der Waals surface area contributed by atoms with E-state index in [1.807, 2.05) is 30.3 Å². The van der Waals surface area contributed by atoms with Gasteiger partial charge in [0, 0.05) is 11.8 Å². The topological polar surface area (TPSA) is 142 Å². The number of carbonyl (C=O) groups is 2. The van der Waals surface area contributed by atoms with Gasteiger partial charge in [0.2, 0.25) is 0 Å². The molecule has 1 aromatic heterocycles. The van der Waals surface area contributed by atoms with Crippen LogP contribution < -0.4 is 0 Å². The number of rotatable bonds is 5. The Balaban J connectivity index is 1.75. The highest BCUT2D eigenvalue weighted by Gasteiger charge is 2.53. The zero-order valence-corrected chi connectivity index (χ0v) is 14.5. The van der Waals surface area contributed by atoms with Gasteiger partial charge < -0.3 is 10.0 Å². The van der Waals surface area contributed by atoms with Crippen LogP contribution in [-0.4, -0.2) is 56.4 Å². The predicted octanol–water partition coefficient (Wildman–Crippen LogP) is 0.584. The van der Waals surface area contributed by atoms with Gasteiger partial charge in [-0.25, -0.2) is 9.59 Å². The van der Waals surface area contributed by atoms with Crippen molar-refractivity contribution in [2.75, 3.05) is 6.54 Å². The number of aliphatic carboxylic acids is 1. The van der Waals surface area contributed by atoms with Crippen molar-refractivity contribution < 1.29 is 31.9 Å². The summed E-state index contributed by atoms with van der Waals surface area (Å²) in [7, 11) is -4.96. The molecular formula is C15H14N4O7S. The third-order valence-electron chi connectivity index (χ3n) is 4.43. The molecule has 2 aliphatic heterocycles. The summed E-state index contributed by atoms with van der Waals surface area (Å²) in [5.74, 6) is -1.30. The van der Waals surface area contributed by atoms with E-state index in [-0.39, 0.29) is 12.2 Å². The van der Waals surface area contributed by atoms with E-state index in [0.29, 0.717) is 17.2 Å². The van der Waals surface area contributed by atoms with Crippen LogP contribution in [0.2, 0.25) is 0 Å². The second-order valence-electron chi connectivity index (χ2n) is 6.17. The molecule has 0 spiro atoms. The number of carbonyl (C=O) groups excluding carboxylic acids is 1. The van der Waals surface area contributed by atoms with Crippen LogP contribution in [0.4, 0.5) is 4.79 Å². The molecular weight excluding hydrogens is 380 g/mol. The summed E-state index contributed by atoms with van der Waals surface area (Å²) in [6.07, 6.45) is 1.55. The van der Waals surface area contributed by atoms with E-state index >= 15 is 0 Å². The Morgan fingerprint density at radius 2 is 2.00 bits per heavy atom. The minimum atomic E-state index is -4.96. The first-order valence-corrected chi connectivity index (χ1v) is 9.22. The summed E-state index contributed by atoms with van der Waals surface area (Å²) in [5.41, 5.74) is 1.41. The van der Waals surface area contributed by atoms with E-state index in [1.165, 1.54) is 4.68 Å². The fourth-order valence-electron chi connectivity index (χ4n) is 3.39. The summed E-state index contributed by atoms with van der Waals surface area (Å²) in [6, 6.07) is 6.06. The molecule has 0 aliphatic carbocycles. The van der Waals surface area contributed by atoms with Gasteiger partial charge in [-0.1, -0.05) is 30.3 Å². The lowest BCUT2D eigenvalue weighted by Gasteiger charge is -2.26. The van der Waals surface area contributed by atoms with Crippen LogP contribution in [0, 0.1) is 0 Å². The Hall–Kier alpha value is -2.96. The molecule has 2 aliphatic rings. The van der Waals surface area contributed by atoms with E-state index in [2.05, 4.69) is 9.38 Å². The largest absolute Gasteiger partial charge is 0.479 e. The Bertz CT molecular complexity index is 1020. The SMILES string of the molecule is O=C(O)C1c2nn(Cc3ccccc3)cc2[C@H]2CN1C(=O)N2OS(=O)(=O)O.